The second kappa shape index (κ2) is 5.66. The quantitative estimate of drug-likeness (QED) is 0.611. The molecule has 1 aliphatic carbocycles. The molecule has 0 saturated carbocycles. The SMILES string of the molecule is Cc1ccc(OCc2nn3c(-c4n[nH]c5c4CCC5)nnc3s2)cc1. The molecule has 0 saturated heterocycles. The van der Waals surface area contributed by atoms with Crippen LogP contribution >= 0.6 is 11.3 Å². The van der Waals surface area contributed by atoms with Crippen molar-refractivity contribution in [3.05, 3.63) is 46.1 Å². The number of H-pyrrole nitrogens is 1. The average Bonchev–Trinajstić information content (AvgIpc) is 3.35. The van der Waals surface area contributed by atoms with Crippen LogP contribution in [0, 0.1) is 6.92 Å². The van der Waals surface area contributed by atoms with E-state index in [2.05, 4.69) is 32.4 Å². The molecule has 7 nitrogen and oxygen atoms in total. The van der Waals surface area contributed by atoms with Gasteiger partial charge in [-0.2, -0.15) is 14.7 Å². The van der Waals surface area contributed by atoms with Crippen molar-refractivity contribution in [1.29, 1.82) is 0 Å². The minimum Gasteiger partial charge on any atom is -0.486 e. The summed E-state index contributed by atoms with van der Waals surface area (Å²) >= 11 is 1.49. The number of ether oxygens (including phenoxy) is 1. The van der Waals surface area contributed by atoms with Crippen molar-refractivity contribution in [3.63, 3.8) is 0 Å². The summed E-state index contributed by atoms with van der Waals surface area (Å²) in [4.78, 5) is 0.757. The Balaban J connectivity index is 1.42. The molecule has 126 valence electrons. The second-order valence-electron chi connectivity index (χ2n) is 6.20. The normalized spacial score (nSPS) is 13.5. The van der Waals surface area contributed by atoms with Crippen LogP contribution in [-0.2, 0) is 19.4 Å². The smallest absolute Gasteiger partial charge is 0.235 e. The van der Waals surface area contributed by atoms with Gasteiger partial charge in [-0.15, -0.1) is 10.2 Å². The first-order valence-corrected chi connectivity index (χ1v) is 9.06. The minimum absolute atomic E-state index is 0.412. The zero-order valence-electron chi connectivity index (χ0n) is 13.7. The summed E-state index contributed by atoms with van der Waals surface area (Å²) in [6.07, 6.45) is 3.24. The highest BCUT2D eigenvalue weighted by atomic mass is 32.1. The van der Waals surface area contributed by atoms with E-state index in [1.165, 1.54) is 28.2 Å². The first-order chi connectivity index (χ1) is 12.3. The number of aromatic amines is 1. The number of hydrogen-bond acceptors (Lipinski definition) is 6. The van der Waals surface area contributed by atoms with Crippen molar-refractivity contribution < 1.29 is 4.74 Å². The number of rotatable bonds is 4. The van der Waals surface area contributed by atoms with Gasteiger partial charge in [-0.25, -0.2) is 0 Å². The Labute approximate surface area is 147 Å². The lowest BCUT2D eigenvalue weighted by Gasteiger charge is -2.03. The van der Waals surface area contributed by atoms with Gasteiger partial charge in [-0.05, 0) is 38.3 Å². The molecule has 1 aromatic carbocycles. The molecule has 0 radical (unpaired) electrons. The fraction of sp³-hybridized carbons (Fsp3) is 0.294. The van der Waals surface area contributed by atoms with Crippen LogP contribution in [0.25, 0.3) is 16.5 Å². The van der Waals surface area contributed by atoms with Gasteiger partial charge in [0.25, 0.3) is 0 Å². The van der Waals surface area contributed by atoms with Gasteiger partial charge < -0.3 is 4.74 Å². The van der Waals surface area contributed by atoms with Crippen molar-refractivity contribution in [1.82, 2.24) is 30.0 Å². The third-order valence-corrected chi connectivity index (χ3v) is 5.31. The Morgan fingerprint density at radius 1 is 1.20 bits per heavy atom. The molecule has 0 unspecified atom stereocenters. The summed E-state index contributed by atoms with van der Waals surface area (Å²) in [7, 11) is 0. The molecule has 8 heteroatoms. The molecule has 0 aliphatic heterocycles. The topological polar surface area (TPSA) is 81.0 Å². The van der Waals surface area contributed by atoms with Gasteiger partial charge in [0.2, 0.25) is 10.8 Å². The molecular formula is C17H16N6OS. The molecule has 0 atom stereocenters. The molecule has 5 rings (SSSR count). The molecule has 3 heterocycles. The molecule has 0 bridgehead atoms. The molecule has 3 aromatic heterocycles. The van der Waals surface area contributed by atoms with Gasteiger partial charge in [0, 0.05) is 11.3 Å². The van der Waals surface area contributed by atoms with Crippen LogP contribution < -0.4 is 4.74 Å². The Morgan fingerprint density at radius 3 is 2.96 bits per heavy atom. The summed E-state index contributed by atoms with van der Waals surface area (Å²) in [5.74, 6) is 1.54. The molecule has 0 amide bonds. The average molecular weight is 352 g/mol. The Morgan fingerprint density at radius 2 is 2.08 bits per heavy atom. The van der Waals surface area contributed by atoms with E-state index in [4.69, 9.17) is 4.74 Å². The van der Waals surface area contributed by atoms with Gasteiger partial charge in [-0.3, -0.25) is 5.10 Å². The minimum atomic E-state index is 0.412. The van der Waals surface area contributed by atoms with Crippen molar-refractivity contribution in [2.24, 2.45) is 0 Å². The lowest BCUT2D eigenvalue weighted by Crippen LogP contribution is -1.98. The van der Waals surface area contributed by atoms with Crippen LogP contribution in [0.4, 0.5) is 0 Å². The van der Waals surface area contributed by atoms with E-state index in [0.717, 1.165) is 40.7 Å². The van der Waals surface area contributed by atoms with E-state index in [1.807, 2.05) is 24.3 Å². The summed E-state index contributed by atoms with van der Waals surface area (Å²) < 4.78 is 7.59. The Hall–Kier alpha value is -2.74. The van der Waals surface area contributed by atoms with Crippen LogP contribution in [0.2, 0.25) is 0 Å². The molecule has 25 heavy (non-hydrogen) atoms. The Kier molecular flexibility index (Phi) is 3.30. The van der Waals surface area contributed by atoms with E-state index in [0.29, 0.717) is 12.4 Å². The van der Waals surface area contributed by atoms with Gasteiger partial charge in [-0.1, -0.05) is 29.0 Å². The fourth-order valence-corrected chi connectivity index (χ4v) is 3.89. The van der Waals surface area contributed by atoms with E-state index in [9.17, 15) is 0 Å². The van der Waals surface area contributed by atoms with E-state index in [-0.39, 0.29) is 0 Å². The fourth-order valence-electron chi connectivity index (χ4n) is 3.15. The van der Waals surface area contributed by atoms with Crippen LogP contribution in [0.5, 0.6) is 5.75 Å². The van der Waals surface area contributed by atoms with Crippen LogP contribution in [-0.4, -0.2) is 30.0 Å². The van der Waals surface area contributed by atoms with Crippen molar-refractivity contribution in [2.75, 3.05) is 0 Å². The monoisotopic (exact) mass is 352 g/mol. The van der Waals surface area contributed by atoms with E-state index in [1.54, 1.807) is 4.52 Å². The summed E-state index contributed by atoms with van der Waals surface area (Å²) in [6, 6.07) is 8.00. The molecule has 4 aromatic rings. The molecule has 1 aliphatic rings. The zero-order chi connectivity index (χ0) is 16.8. The van der Waals surface area contributed by atoms with Crippen LogP contribution in [0.3, 0.4) is 0 Å². The largest absolute Gasteiger partial charge is 0.486 e. The molecule has 0 spiro atoms. The molecular weight excluding hydrogens is 336 g/mol. The molecule has 0 fully saturated rings. The first kappa shape index (κ1) is 14.6. The molecule has 1 N–H and O–H groups in total. The van der Waals surface area contributed by atoms with Crippen LogP contribution in [0.1, 0.15) is 28.2 Å². The summed E-state index contributed by atoms with van der Waals surface area (Å²) in [5.41, 5.74) is 4.54. The Bertz CT molecular complexity index is 1050. The first-order valence-electron chi connectivity index (χ1n) is 8.25. The standard InChI is InChI=1S/C17H16N6OS/c1-10-5-7-11(8-6-10)24-9-14-22-23-16(20-21-17(23)25-14)15-12-3-2-4-13(12)18-19-15/h5-8H,2-4,9H2,1H3,(H,18,19). The summed E-state index contributed by atoms with van der Waals surface area (Å²) in [5, 5.41) is 21.6. The van der Waals surface area contributed by atoms with Crippen molar-refractivity contribution in [2.45, 2.75) is 32.8 Å². The van der Waals surface area contributed by atoms with Gasteiger partial charge in [0.1, 0.15) is 18.1 Å². The van der Waals surface area contributed by atoms with Gasteiger partial charge in [0.05, 0.1) is 0 Å². The van der Waals surface area contributed by atoms with Gasteiger partial charge in [0.15, 0.2) is 5.01 Å². The number of nitrogens with zero attached hydrogens (tertiary/aromatic N) is 5. The maximum Gasteiger partial charge on any atom is 0.235 e. The lowest BCUT2D eigenvalue weighted by atomic mass is 10.2. The van der Waals surface area contributed by atoms with Crippen molar-refractivity contribution >= 4 is 16.3 Å². The maximum absolute atomic E-state index is 5.82. The van der Waals surface area contributed by atoms with Gasteiger partial charge >= 0.3 is 0 Å². The lowest BCUT2D eigenvalue weighted by molar-refractivity contribution is 0.304. The number of aryl methyl sites for hydroxylation is 2. The third kappa shape index (κ3) is 2.49. The number of aromatic nitrogens is 6. The predicted molar refractivity (Wildman–Crippen MR) is 93.8 cm³/mol. The number of nitrogens with one attached hydrogen (secondary N) is 1. The van der Waals surface area contributed by atoms with Crippen LogP contribution in [0.15, 0.2) is 24.3 Å². The third-order valence-electron chi connectivity index (χ3n) is 4.43. The highest BCUT2D eigenvalue weighted by Crippen LogP contribution is 2.30. The summed E-state index contributed by atoms with van der Waals surface area (Å²) in [6.45, 7) is 2.47. The van der Waals surface area contributed by atoms with E-state index < -0.39 is 0 Å². The predicted octanol–water partition coefficient (Wildman–Crippen LogP) is 2.95. The van der Waals surface area contributed by atoms with E-state index >= 15 is 0 Å². The second-order valence-corrected chi connectivity index (χ2v) is 7.24. The zero-order valence-corrected chi connectivity index (χ0v) is 14.5. The number of hydrogen-bond donors (Lipinski definition) is 1. The maximum atomic E-state index is 5.82. The highest BCUT2D eigenvalue weighted by Gasteiger charge is 2.24. The van der Waals surface area contributed by atoms with Crippen molar-refractivity contribution in [3.8, 4) is 17.3 Å². The highest BCUT2D eigenvalue weighted by molar-refractivity contribution is 7.16. The number of fused-ring (bicyclic) bond motifs is 2. The number of benzene rings is 1.